The van der Waals surface area contributed by atoms with Crippen molar-refractivity contribution in [2.24, 2.45) is 0 Å². The number of benzene rings is 2. The van der Waals surface area contributed by atoms with Crippen molar-refractivity contribution in [1.29, 1.82) is 0 Å². The zero-order valence-electron chi connectivity index (χ0n) is 26.1. The molecule has 1 aliphatic heterocycles. The lowest BCUT2D eigenvalue weighted by Crippen LogP contribution is -2.37. The second-order valence-electron chi connectivity index (χ2n) is 9.93. The maximum Gasteiger partial charge on any atom is 0.408 e. The van der Waals surface area contributed by atoms with Crippen molar-refractivity contribution in [2.75, 3.05) is 53.7 Å². The van der Waals surface area contributed by atoms with E-state index in [9.17, 15) is 23.9 Å². The molecule has 0 saturated heterocycles. The van der Waals surface area contributed by atoms with Gasteiger partial charge in [0.1, 0.15) is 18.5 Å². The first-order valence-corrected chi connectivity index (χ1v) is 14.4. The summed E-state index contributed by atoms with van der Waals surface area (Å²) in [5.41, 5.74) is 1.54. The minimum absolute atomic E-state index is 0.0593. The molecule has 0 aromatic heterocycles. The molecular formula is C33H38FN3O9. The summed E-state index contributed by atoms with van der Waals surface area (Å²) in [6, 6.07) is 12.7. The Balaban J connectivity index is 1.39. The Bertz CT molecular complexity index is 1510. The summed E-state index contributed by atoms with van der Waals surface area (Å²) >= 11 is 0. The van der Waals surface area contributed by atoms with Crippen LogP contribution in [0.1, 0.15) is 25.3 Å². The van der Waals surface area contributed by atoms with Gasteiger partial charge >= 0.3 is 18.0 Å². The van der Waals surface area contributed by atoms with E-state index in [4.69, 9.17) is 23.7 Å². The maximum absolute atomic E-state index is 14.1. The lowest BCUT2D eigenvalue weighted by atomic mass is 9.80. The van der Waals surface area contributed by atoms with Crippen molar-refractivity contribution in [3.05, 3.63) is 82.5 Å². The highest BCUT2D eigenvalue weighted by Crippen LogP contribution is 2.39. The van der Waals surface area contributed by atoms with Gasteiger partial charge in [-0.15, -0.1) is 0 Å². The molecular weight excluding hydrogens is 601 g/mol. The monoisotopic (exact) mass is 639 g/mol. The fourth-order valence-electron chi connectivity index (χ4n) is 4.60. The molecule has 13 heteroatoms. The van der Waals surface area contributed by atoms with E-state index in [1.54, 1.807) is 38.1 Å². The maximum atomic E-state index is 14.1. The topological polar surface area (TPSA) is 154 Å². The summed E-state index contributed by atoms with van der Waals surface area (Å²) in [5, 5.41) is 18.6. The SMILES string of the molecule is COC(=O)C1=C(C)NC(C)=C(C(=O)OCC#CCOC(=O)NCCNCC(O)COc2ccccc2OC)C1c1cccc(F)c1. The number of allylic oxidation sites excluding steroid dienone is 2. The molecule has 1 heterocycles. The van der Waals surface area contributed by atoms with Crippen molar-refractivity contribution >= 4 is 18.0 Å². The zero-order chi connectivity index (χ0) is 33.5. The largest absolute Gasteiger partial charge is 0.493 e. The Morgan fingerprint density at radius 2 is 1.61 bits per heavy atom. The van der Waals surface area contributed by atoms with Crippen molar-refractivity contribution in [3.8, 4) is 23.3 Å². The van der Waals surface area contributed by atoms with E-state index in [-0.39, 0.29) is 44.1 Å². The molecule has 0 radical (unpaired) electrons. The van der Waals surface area contributed by atoms with Gasteiger partial charge in [0, 0.05) is 31.0 Å². The van der Waals surface area contributed by atoms with Gasteiger partial charge in [-0.1, -0.05) is 36.1 Å². The number of hydrogen-bond acceptors (Lipinski definition) is 11. The third-order valence-corrected chi connectivity index (χ3v) is 6.69. The number of aliphatic hydroxyl groups is 1. The minimum atomic E-state index is -0.929. The van der Waals surface area contributed by atoms with Crippen molar-refractivity contribution in [3.63, 3.8) is 0 Å². The predicted molar refractivity (Wildman–Crippen MR) is 165 cm³/mol. The molecule has 0 fully saturated rings. The standard InChI is InChI=1S/C33H38FN3O9/c1-21-28(31(39)43-4)30(23-10-9-11-24(34)18-23)29(22(2)37-21)32(40)44-16-7-8-17-45-33(41)36-15-14-35-19-25(38)20-46-27-13-6-5-12-26(27)42-3/h5-6,9-13,18,25,30,35,37-38H,14-17,19-20H2,1-4H3,(H,36,41). The number of rotatable bonds is 14. The highest BCUT2D eigenvalue weighted by Gasteiger charge is 2.37. The number of ether oxygens (including phenoxy) is 5. The summed E-state index contributed by atoms with van der Waals surface area (Å²) in [7, 11) is 2.75. The molecule has 0 aliphatic carbocycles. The van der Waals surface area contributed by atoms with Crippen LogP contribution in [-0.2, 0) is 23.8 Å². The molecule has 2 aromatic carbocycles. The Morgan fingerprint density at radius 3 is 2.28 bits per heavy atom. The van der Waals surface area contributed by atoms with Gasteiger partial charge in [-0.05, 0) is 43.7 Å². The molecule has 1 amide bonds. The molecule has 4 N–H and O–H groups in total. The molecule has 46 heavy (non-hydrogen) atoms. The third-order valence-electron chi connectivity index (χ3n) is 6.69. The fourth-order valence-corrected chi connectivity index (χ4v) is 4.60. The average Bonchev–Trinajstić information content (AvgIpc) is 3.04. The lowest BCUT2D eigenvalue weighted by Gasteiger charge is -2.30. The summed E-state index contributed by atoms with van der Waals surface area (Å²) in [6.07, 6.45) is -1.48. The van der Waals surface area contributed by atoms with Crippen molar-refractivity contribution < 1.29 is 47.6 Å². The highest BCUT2D eigenvalue weighted by molar-refractivity contribution is 5.99. The number of dihydropyridines is 1. The molecule has 3 rings (SSSR count). The Hall–Kier alpha value is -5.06. The van der Waals surface area contributed by atoms with Gasteiger partial charge in [-0.2, -0.15) is 0 Å². The van der Waals surface area contributed by atoms with Crippen LogP contribution in [0.15, 0.2) is 71.1 Å². The number of nitrogens with one attached hydrogen (secondary N) is 3. The van der Waals surface area contributed by atoms with E-state index < -0.39 is 35.9 Å². The highest BCUT2D eigenvalue weighted by atomic mass is 19.1. The van der Waals surface area contributed by atoms with Crippen LogP contribution in [0.2, 0.25) is 0 Å². The van der Waals surface area contributed by atoms with Gasteiger partial charge < -0.3 is 44.7 Å². The van der Waals surface area contributed by atoms with Crippen LogP contribution >= 0.6 is 0 Å². The van der Waals surface area contributed by atoms with Crippen molar-refractivity contribution in [2.45, 2.75) is 25.9 Å². The number of hydrogen-bond donors (Lipinski definition) is 4. The van der Waals surface area contributed by atoms with Gasteiger partial charge in [0.2, 0.25) is 0 Å². The second-order valence-corrected chi connectivity index (χ2v) is 9.93. The fraction of sp³-hybridized carbons (Fsp3) is 0.364. The second kappa shape index (κ2) is 18.0. The first kappa shape index (κ1) is 35.4. The van der Waals surface area contributed by atoms with Crippen LogP contribution in [-0.4, -0.2) is 82.9 Å². The molecule has 1 aliphatic rings. The van der Waals surface area contributed by atoms with Crippen LogP contribution in [0.25, 0.3) is 0 Å². The quantitative estimate of drug-likeness (QED) is 0.104. The van der Waals surface area contributed by atoms with E-state index >= 15 is 0 Å². The number of halogens is 1. The predicted octanol–water partition coefficient (Wildman–Crippen LogP) is 2.54. The summed E-state index contributed by atoms with van der Waals surface area (Å²) < 4.78 is 40.1. The number of alkyl carbamates (subject to hydrolysis) is 1. The van der Waals surface area contributed by atoms with Crippen LogP contribution in [0.3, 0.4) is 0 Å². The van der Waals surface area contributed by atoms with Gasteiger partial charge in [0.25, 0.3) is 0 Å². The first-order chi connectivity index (χ1) is 22.2. The van der Waals surface area contributed by atoms with E-state index in [1.807, 2.05) is 6.07 Å². The van der Waals surface area contributed by atoms with E-state index in [0.717, 1.165) is 0 Å². The van der Waals surface area contributed by atoms with Crippen LogP contribution < -0.4 is 25.4 Å². The first-order valence-electron chi connectivity index (χ1n) is 14.4. The lowest BCUT2D eigenvalue weighted by molar-refractivity contribution is -0.138. The van der Waals surface area contributed by atoms with Gasteiger partial charge in [-0.25, -0.2) is 18.8 Å². The summed E-state index contributed by atoms with van der Waals surface area (Å²) in [4.78, 5) is 37.7. The molecule has 2 atom stereocenters. The average molecular weight is 640 g/mol. The minimum Gasteiger partial charge on any atom is -0.493 e. The van der Waals surface area contributed by atoms with Gasteiger partial charge in [0.05, 0.1) is 31.3 Å². The molecule has 0 spiro atoms. The number of methoxy groups -OCH3 is 2. The van der Waals surface area contributed by atoms with E-state index in [1.165, 1.54) is 32.4 Å². The molecule has 2 aromatic rings. The smallest absolute Gasteiger partial charge is 0.408 e. The van der Waals surface area contributed by atoms with Gasteiger partial charge in [-0.3, -0.25) is 0 Å². The molecule has 0 bridgehead atoms. The Labute approximate surface area is 266 Å². The summed E-state index contributed by atoms with van der Waals surface area (Å²) in [6.45, 7) is 3.65. The summed E-state index contributed by atoms with van der Waals surface area (Å²) in [5.74, 6) is 3.39. The van der Waals surface area contributed by atoms with E-state index in [0.29, 0.717) is 35.0 Å². The zero-order valence-corrected chi connectivity index (χ0v) is 26.1. The number of aliphatic hydroxyl groups excluding tert-OH is 1. The Kier molecular flexibility index (Phi) is 13.9. The molecule has 246 valence electrons. The molecule has 2 unspecified atom stereocenters. The van der Waals surface area contributed by atoms with Crippen molar-refractivity contribution in [1.82, 2.24) is 16.0 Å². The number of para-hydroxylation sites is 2. The molecule has 12 nitrogen and oxygen atoms in total. The van der Waals surface area contributed by atoms with Crippen LogP contribution in [0.4, 0.5) is 9.18 Å². The molecule has 0 saturated carbocycles. The number of carbonyl (C=O) groups excluding carboxylic acids is 3. The van der Waals surface area contributed by atoms with Crippen LogP contribution in [0, 0.1) is 17.7 Å². The third kappa shape index (κ3) is 10.3. The van der Waals surface area contributed by atoms with Gasteiger partial charge in [0.15, 0.2) is 24.7 Å². The normalized spacial score (nSPS) is 14.7. The van der Waals surface area contributed by atoms with E-state index in [2.05, 4.69) is 27.8 Å². The Morgan fingerprint density at radius 1 is 0.935 bits per heavy atom. The number of amides is 1. The van der Waals surface area contributed by atoms with Crippen LogP contribution in [0.5, 0.6) is 11.5 Å². The number of carbonyl (C=O) groups is 3. The number of esters is 2.